The maximum absolute atomic E-state index is 9.58. The fourth-order valence-electron chi connectivity index (χ4n) is 1.43. The summed E-state index contributed by atoms with van der Waals surface area (Å²) in [6.45, 7) is 6.04. The second-order valence-corrected chi connectivity index (χ2v) is 4.05. The SMILES string of the molecule is CCn1nc(C)c(Cl)c1CC(O)C(C)O. The molecular formula is C10H17ClN2O2. The number of aryl methyl sites for hydroxylation is 2. The average Bonchev–Trinajstić information content (AvgIpc) is 2.45. The van der Waals surface area contributed by atoms with E-state index in [2.05, 4.69) is 5.10 Å². The van der Waals surface area contributed by atoms with Crippen molar-refractivity contribution < 1.29 is 10.2 Å². The third-order valence-electron chi connectivity index (χ3n) is 2.41. The van der Waals surface area contributed by atoms with Crippen LogP contribution < -0.4 is 0 Å². The predicted molar refractivity (Wildman–Crippen MR) is 59.0 cm³/mol. The van der Waals surface area contributed by atoms with Gasteiger partial charge in [-0.05, 0) is 20.8 Å². The molecule has 86 valence electrons. The summed E-state index contributed by atoms with van der Waals surface area (Å²) in [5.74, 6) is 0. The second kappa shape index (κ2) is 4.96. The van der Waals surface area contributed by atoms with E-state index in [1.54, 1.807) is 11.6 Å². The summed E-state index contributed by atoms with van der Waals surface area (Å²) < 4.78 is 1.75. The Morgan fingerprint density at radius 2 is 2.07 bits per heavy atom. The molecule has 0 aliphatic rings. The molecule has 0 spiro atoms. The minimum absolute atomic E-state index is 0.325. The molecule has 1 heterocycles. The zero-order valence-corrected chi connectivity index (χ0v) is 9.99. The van der Waals surface area contributed by atoms with E-state index in [-0.39, 0.29) is 0 Å². The van der Waals surface area contributed by atoms with Crippen molar-refractivity contribution in [2.45, 2.75) is 45.9 Å². The van der Waals surface area contributed by atoms with Crippen molar-refractivity contribution in [2.75, 3.05) is 0 Å². The third kappa shape index (κ3) is 2.71. The summed E-state index contributed by atoms with van der Waals surface area (Å²) in [6.07, 6.45) is -1.24. The van der Waals surface area contributed by atoms with Gasteiger partial charge in [-0.25, -0.2) is 0 Å². The zero-order chi connectivity index (χ0) is 11.6. The van der Waals surface area contributed by atoms with Gasteiger partial charge in [0, 0.05) is 13.0 Å². The van der Waals surface area contributed by atoms with Crippen LogP contribution in [0.1, 0.15) is 25.2 Å². The molecule has 0 bridgehead atoms. The molecule has 15 heavy (non-hydrogen) atoms. The first-order valence-electron chi connectivity index (χ1n) is 5.05. The summed E-state index contributed by atoms with van der Waals surface area (Å²) in [7, 11) is 0. The lowest BCUT2D eigenvalue weighted by Gasteiger charge is -2.14. The quantitative estimate of drug-likeness (QED) is 0.819. The molecule has 2 N–H and O–H groups in total. The Balaban J connectivity index is 2.92. The molecular weight excluding hydrogens is 216 g/mol. The van der Waals surface area contributed by atoms with E-state index < -0.39 is 12.2 Å². The lowest BCUT2D eigenvalue weighted by molar-refractivity contribution is 0.0307. The van der Waals surface area contributed by atoms with Gasteiger partial charge in [-0.1, -0.05) is 11.6 Å². The van der Waals surface area contributed by atoms with Gasteiger partial charge in [0.25, 0.3) is 0 Å². The second-order valence-electron chi connectivity index (χ2n) is 3.67. The first-order valence-corrected chi connectivity index (χ1v) is 5.43. The van der Waals surface area contributed by atoms with Crippen LogP contribution >= 0.6 is 11.6 Å². The highest BCUT2D eigenvalue weighted by atomic mass is 35.5. The fraction of sp³-hybridized carbons (Fsp3) is 0.700. The standard InChI is InChI=1S/C10H17ClN2O2/c1-4-13-8(5-9(15)7(3)14)10(11)6(2)12-13/h7,9,14-15H,4-5H2,1-3H3. The molecule has 0 aromatic carbocycles. The van der Waals surface area contributed by atoms with Gasteiger partial charge in [0.05, 0.1) is 28.6 Å². The van der Waals surface area contributed by atoms with E-state index >= 15 is 0 Å². The minimum atomic E-state index is -0.802. The van der Waals surface area contributed by atoms with Crippen molar-refractivity contribution in [1.29, 1.82) is 0 Å². The van der Waals surface area contributed by atoms with Crippen LogP contribution in [0.5, 0.6) is 0 Å². The Morgan fingerprint density at radius 3 is 2.53 bits per heavy atom. The minimum Gasteiger partial charge on any atom is -0.391 e. The molecule has 1 rings (SSSR count). The lowest BCUT2D eigenvalue weighted by atomic mass is 10.1. The van der Waals surface area contributed by atoms with Crippen molar-refractivity contribution in [1.82, 2.24) is 9.78 Å². The van der Waals surface area contributed by atoms with Crippen molar-refractivity contribution in [2.24, 2.45) is 0 Å². The molecule has 2 unspecified atom stereocenters. The van der Waals surface area contributed by atoms with Gasteiger partial charge in [-0.15, -0.1) is 0 Å². The number of aliphatic hydroxyl groups is 2. The molecule has 0 fully saturated rings. The molecule has 0 saturated heterocycles. The number of nitrogens with zero attached hydrogens (tertiary/aromatic N) is 2. The fourth-order valence-corrected chi connectivity index (χ4v) is 1.65. The number of hydrogen-bond acceptors (Lipinski definition) is 3. The number of halogens is 1. The molecule has 2 atom stereocenters. The van der Waals surface area contributed by atoms with Gasteiger partial charge < -0.3 is 10.2 Å². The van der Waals surface area contributed by atoms with Crippen LogP contribution in [0.4, 0.5) is 0 Å². The summed E-state index contributed by atoms with van der Waals surface area (Å²) in [5, 5.41) is 23.6. The van der Waals surface area contributed by atoms with E-state index in [0.717, 1.165) is 11.4 Å². The predicted octanol–water partition coefficient (Wildman–Crippen LogP) is 1.15. The van der Waals surface area contributed by atoms with Gasteiger partial charge in [-0.2, -0.15) is 5.10 Å². The van der Waals surface area contributed by atoms with Crippen molar-refractivity contribution in [3.63, 3.8) is 0 Å². The lowest BCUT2D eigenvalue weighted by Crippen LogP contribution is -2.26. The first kappa shape index (κ1) is 12.5. The summed E-state index contributed by atoms with van der Waals surface area (Å²) >= 11 is 6.07. The normalized spacial score (nSPS) is 15.3. The maximum atomic E-state index is 9.58. The van der Waals surface area contributed by atoms with Gasteiger partial charge in [0.1, 0.15) is 0 Å². The molecule has 5 heteroatoms. The van der Waals surface area contributed by atoms with E-state index in [9.17, 15) is 10.2 Å². The van der Waals surface area contributed by atoms with Crippen LogP contribution in [-0.4, -0.2) is 32.2 Å². The number of aliphatic hydroxyl groups excluding tert-OH is 2. The molecule has 0 aliphatic heterocycles. The van der Waals surface area contributed by atoms with Crippen LogP contribution in [0, 0.1) is 6.92 Å². The molecule has 1 aromatic rings. The van der Waals surface area contributed by atoms with Crippen LogP contribution in [-0.2, 0) is 13.0 Å². The third-order valence-corrected chi connectivity index (χ3v) is 2.90. The van der Waals surface area contributed by atoms with Crippen LogP contribution in [0.3, 0.4) is 0 Å². The Bertz CT molecular complexity index is 336. The van der Waals surface area contributed by atoms with E-state index in [4.69, 9.17) is 11.6 Å². The van der Waals surface area contributed by atoms with Crippen LogP contribution in [0.15, 0.2) is 0 Å². The van der Waals surface area contributed by atoms with Gasteiger partial charge in [0.15, 0.2) is 0 Å². The smallest absolute Gasteiger partial charge is 0.0852 e. The maximum Gasteiger partial charge on any atom is 0.0852 e. The molecule has 0 aliphatic carbocycles. The molecule has 0 amide bonds. The van der Waals surface area contributed by atoms with E-state index in [1.807, 2.05) is 13.8 Å². The highest BCUT2D eigenvalue weighted by Gasteiger charge is 2.19. The zero-order valence-electron chi connectivity index (χ0n) is 9.24. The molecule has 1 aromatic heterocycles. The van der Waals surface area contributed by atoms with Crippen molar-refractivity contribution >= 4 is 11.6 Å². The van der Waals surface area contributed by atoms with Gasteiger partial charge in [-0.3, -0.25) is 4.68 Å². The van der Waals surface area contributed by atoms with Crippen LogP contribution in [0.2, 0.25) is 5.02 Å². The Hall–Kier alpha value is -0.580. The Kier molecular flexibility index (Phi) is 4.13. The summed E-state index contributed by atoms with van der Waals surface area (Å²) in [4.78, 5) is 0. The van der Waals surface area contributed by atoms with Crippen molar-refractivity contribution in [3.8, 4) is 0 Å². The Morgan fingerprint density at radius 1 is 1.47 bits per heavy atom. The van der Waals surface area contributed by atoms with Crippen molar-refractivity contribution in [3.05, 3.63) is 16.4 Å². The number of aromatic nitrogens is 2. The molecule has 0 radical (unpaired) electrons. The van der Waals surface area contributed by atoms with Crippen LogP contribution in [0.25, 0.3) is 0 Å². The monoisotopic (exact) mass is 232 g/mol. The van der Waals surface area contributed by atoms with E-state index in [1.165, 1.54) is 0 Å². The number of rotatable bonds is 4. The molecule has 0 saturated carbocycles. The topological polar surface area (TPSA) is 58.3 Å². The highest BCUT2D eigenvalue weighted by molar-refractivity contribution is 6.31. The summed E-state index contributed by atoms with van der Waals surface area (Å²) in [6, 6.07) is 0. The average molecular weight is 233 g/mol. The van der Waals surface area contributed by atoms with Gasteiger partial charge in [0.2, 0.25) is 0 Å². The van der Waals surface area contributed by atoms with E-state index in [0.29, 0.717) is 18.0 Å². The molecule has 4 nitrogen and oxygen atoms in total. The summed E-state index contributed by atoms with van der Waals surface area (Å²) in [5.41, 5.74) is 1.54. The highest BCUT2D eigenvalue weighted by Crippen LogP contribution is 2.22. The largest absolute Gasteiger partial charge is 0.391 e. The first-order chi connectivity index (χ1) is 6.97. The Labute approximate surface area is 94.5 Å². The number of hydrogen-bond donors (Lipinski definition) is 2. The van der Waals surface area contributed by atoms with Gasteiger partial charge >= 0.3 is 0 Å².